The van der Waals surface area contributed by atoms with Crippen LogP contribution in [0, 0.1) is 0 Å². The molecule has 0 fully saturated rings. The molecule has 0 bridgehead atoms. The highest BCUT2D eigenvalue weighted by atomic mass is 35.5. The van der Waals surface area contributed by atoms with Crippen LogP contribution in [0.2, 0.25) is 10.0 Å². The molecule has 4 aromatic rings. The van der Waals surface area contributed by atoms with Crippen LogP contribution in [0.1, 0.15) is 36.7 Å². The molecule has 2 amide bonds. The van der Waals surface area contributed by atoms with Crippen molar-refractivity contribution in [2.24, 2.45) is 0 Å². The molecule has 0 aliphatic rings. The van der Waals surface area contributed by atoms with Crippen LogP contribution in [-0.2, 0) is 10.2 Å². The number of benzene rings is 3. The zero-order valence-corrected chi connectivity index (χ0v) is 23.0. The Bertz CT molecular complexity index is 1490. The van der Waals surface area contributed by atoms with Crippen molar-refractivity contribution in [1.29, 1.82) is 0 Å². The Kier molecular flexibility index (Phi) is 8.25. The predicted molar refractivity (Wildman–Crippen MR) is 150 cm³/mol. The van der Waals surface area contributed by atoms with Gasteiger partial charge in [0.15, 0.2) is 0 Å². The van der Waals surface area contributed by atoms with Crippen molar-refractivity contribution in [3.05, 3.63) is 81.8 Å². The summed E-state index contributed by atoms with van der Waals surface area (Å²) < 4.78 is 1.49. The first kappa shape index (κ1) is 27.4. The molecule has 0 radical (unpaired) electrons. The molecule has 0 saturated carbocycles. The fourth-order valence-corrected chi connectivity index (χ4v) is 4.56. The van der Waals surface area contributed by atoms with Gasteiger partial charge in [0, 0.05) is 11.3 Å². The number of anilines is 2. The van der Waals surface area contributed by atoms with Crippen LogP contribution in [0.25, 0.3) is 5.69 Å². The van der Waals surface area contributed by atoms with E-state index in [2.05, 4.69) is 46.9 Å². The minimum absolute atomic E-state index is 0.0114. The molecule has 9 nitrogen and oxygen atoms in total. The Morgan fingerprint density at radius 2 is 1.71 bits per heavy atom. The van der Waals surface area contributed by atoms with Crippen molar-refractivity contribution in [2.45, 2.75) is 31.3 Å². The summed E-state index contributed by atoms with van der Waals surface area (Å²) in [5, 5.41) is 27.7. The third kappa shape index (κ3) is 6.63. The second-order valence-corrected chi connectivity index (χ2v) is 11.1. The first-order valence-electron chi connectivity index (χ1n) is 11.4. The molecule has 0 aliphatic carbocycles. The molecular formula is C26H24Cl2N6O3S. The maximum Gasteiger partial charge on any atom is 0.255 e. The average Bonchev–Trinajstić information content (AvgIpc) is 3.33. The molecule has 3 N–H and O–H groups in total. The Hall–Kier alpha value is -3.60. The quantitative estimate of drug-likeness (QED) is 0.185. The summed E-state index contributed by atoms with van der Waals surface area (Å²) >= 11 is 14.0. The van der Waals surface area contributed by atoms with E-state index in [1.807, 2.05) is 18.2 Å². The van der Waals surface area contributed by atoms with Gasteiger partial charge in [-0.3, -0.25) is 9.59 Å². The van der Waals surface area contributed by atoms with Crippen molar-refractivity contribution in [2.75, 3.05) is 16.4 Å². The number of thioether (sulfide) groups is 1. The molecule has 1 heterocycles. The third-order valence-corrected chi connectivity index (χ3v) is 6.98. The maximum atomic E-state index is 12.6. The number of nitrogens with zero attached hydrogens (tertiary/aromatic N) is 4. The molecule has 0 aliphatic heterocycles. The highest BCUT2D eigenvalue weighted by Crippen LogP contribution is 2.30. The van der Waals surface area contributed by atoms with Crippen LogP contribution >= 0.6 is 35.0 Å². The number of halogens is 2. The van der Waals surface area contributed by atoms with E-state index in [1.54, 1.807) is 24.3 Å². The van der Waals surface area contributed by atoms with Crippen molar-refractivity contribution < 1.29 is 14.7 Å². The topological polar surface area (TPSA) is 122 Å². The normalized spacial score (nSPS) is 11.3. The zero-order chi connectivity index (χ0) is 27.4. The molecule has 1 aromatic heterocycles. The Balaban J connectivity index is 1.38. The van der Waals surface area contributed by atoms with E-state index in [0.717, 1.165) is 17.3 Å². The van der Waals surface area contributed by atoms with Crippen LogP contribution in [0.4, 0.5) is 11.4 Å². The molecule has 0 spiro atoms. The number of tetrazole rings is 1. The van der Waals surface area contributed by atoms with E-state index >= 15 is 0 Å². The number of rotatable bonds is 7. The van der Waals surface area contributed by atoms with Crippen molar-refractivity contribution in [3.8, 4) is 11.4 Å². The minimum Gasteiger partial charge on any atom is -0.508 e. The van der Waals surface area contributed by atoms with Crippen molar-refractivity contribution in [3.63, 3.8) is 0 Å². The van der Waals surface area contributed by atoms with Crippen LogP contribution in [0.5, 0.6) is 5.75 Å². The Morgan fingerprint density at radius 3 is 2.37 bits per heavy atom. The first-order chi connectivity index (χ1) is 18.0. The number of amides is 2. The van der Waals surface area contributed by atoms with Crippen LogP contribution < -0.4 is 10.6 Å². The molecule has 0 saturated heterocycles. The van der Waals surface area contributed by atoms with Gasteiger partial charge in [0.05, 0.1) is 27.2 Å². The first-order valence-corrected chi connectivity index (χ1v) is 13.2. The Morgan fingerprint density at radius 1 is 0.974 bits per heavy atom. The largest absolute Gasteiger partial charge is 0.508 e. The van der Waals surface area contributed by atoms with E-state index in [9.17, 15) is 14.7 Å². The van der Waals surface area contributed by atoms with Gasteiger partial charge >= 0.3 is 0 Å². The summed E-state index contributed by atoms with van der Waals surface area (Å²) in [6.45, 7) is 6.30. The molecule has 0 unspecified atom stereocenters. The summed E-state index contributed by atoms with van der Waals surface area (Å²) in [6.07, 6.45) is 0. The SMILES string of the molecule is CC(C)(C)c1ccc(-n2nnnc2SCC(=O)Nc2ccc(C(=O)Nc3ccc(O)cc3)cc2Cl)c(Cl)c1. The molecule has 196 valence electrons. The van der Waals surface area contributed by atoms with Gasteiger partial charge < -0.3 is 15.7 Å². The molecule has 38 heavy (non-hydrogen) atoms. The number of carbonyl (C=O) groups is 2. The number of hydrogen-bond acceptors (Lipinski definition) is 7. The van der Waals surface area contributed by atoms with Gasteiger partial charge in [0.25, 0.3) is 5.91 Å². The van der Waals surface area contributed by atoms with E-state index < -0.39 is 0 Å². The number of aromatic hydroxyl groups is 1. The smallest absolute Gasteiger partial charge is 0.255 e. The summed E-state index contributed by atoms with van der Waals surface area (Å²) in [5.74, 6) is -0.606. The van der Waals surface area contributed by atoms with Gasteiger partial charge in [-0.1, -0.05) is 61.8 Å². The van der Waals surface area contributed by atoms with E-state index in [0.29, 0.717) is 32.8 Å². The number of carbonyl (C=O) groups excluding carboxylic acids is 2. The number of hydrogen-bond donors (Lipinski definition) is 3. The summed E-state index contributed by atoms with van der Waals surface area (Å²) in [4.78, 5) is 25.1. The van der Waals surface area contributed by atoms with Crippen LogP contribution in [-0.4, -0.2) is 42.9 Å². The van der Waals surface area contributed by atoms with Crippen molar-refractivity contribution in [1.82, 2.24) is 20.2 Å². The van der Waals surface area contributed by atoms with Gasteiger partial charge in [-0.05, 0) is 76.0 Å². The van der Waals surface area contributed by atoms with E-state index in [1.165, 1.54) is 22.9 Å². The summed E-state index contributed by atoms with van der Waals surface area (Å²) in [7, 11) is 0. The maximum absolute atomic E-state index is 12.6. The molecular weight excluding hydrogens is 547 g/mol. The monoisotopic (exact) mass is 570 g/mol. The fraction of sp³-hybridized carbons (Fsp3) is 0.192. The molecule has 12 heteroatoms. The predicted octanol–water partition coefficient (Wildman–Crippen LogP) is 5.96. The lowest BCUT2D eigenvalue weighted by Gasteiger charge is -2.20. The number of phenolic OH excluding ortho intramolecular Hbond substituents is 1. The lowest BCUT2D eigenvalue weighted by molar-refractivity contribution is -0.113. The number of aromatic nitrogens is 4. The van der Waals surface area contributed by atoms with Crippen LogP contribution in [0.3, 0.4) is 0 Å². The summed E-state index contributed by atoms with van der Waals surface area (Å²) in [6, 6.07) is 16.4. The zero-order valence-electron chi connectivity index (χ0n) is 20.7. The second-order valence-electron chi connectivity index (χ2n) is 9.32. The Labute approximate surface area is 233 Å². The lowest BCUT2D eigenvalue weighted by Crippen LogP contribution is -2.16. The lowest BCUT2D eigenvalue weighted by atomic mass is 9.87. The molecule has 0 atom stereocenters. The molecule has 3 aromatic carbocycles. The van der Waals surface area contributed by atoms with E-state index in [4.69, 9.17) is 23.2 Å². The van der Waals surface area contributed by atoms with E-state index in [-0.39, 0.29) is 33.8 Å². The minimum atomic E-state index is -0.382. The van der Waals surface area contributed by atoms with Crippen LogP contribution in [0.15, 0.2) is 65.8 Å². The van der Waals surface area contributed by atoms with Gasteiger partial charge in [-0.15, -0.1) is 5.10 Å². The standard InChI is InChI=1S/C26H24Cl2N6O3S/c1-26(2,3)16-5-11-22(20(28)13-16)34-25(31-32-33-34)38-14-23(36)30-21-10-4-15(12-19(21)27)24(37)29-17-6-8-18(35)9-7-17/h4-13,35H,14H2,1-3H3,(H,29,37)(H,30,36). The highest BCUT2D eigenvalue weighted by molar-refractivity contribution is 7.99. The number of phenols is 1. The van der Waals surface area contributed by atoms with Gasteiger partial charge in [0.1, 0.15) is 5.75 Å². The van der Waals surface area contributed by atoms with Gasteiger partial charge in [0.2, 0.25) is 11.1 Å². The number of nitrogens with one attached hydrogen (secondary N) is 2. The highest BCUT2D eigenvalue weighted by Gasteiger charge is 2.19. The fourth-order valence-electron chi connectivity index (χ4n) is 3.39. The summed E-state index contributed by atoms with van der Waals surface area (Å²) in [5.41, 5.74) is 2.81. The van der Waals surface area contributed by atoms with Gasteiger partial charge in [-0.25, -0.2) is 0 Å². The second kappa shape index (κ2) is 11.4. The average molecular weight is 571 g/mol. The van der Waals surface area contributed by atoms with Crippen molar-refractivity contribution >= 4 is 58.2 Å². The van der Waals surface area contributed by atoms with Gasteiger partial charge in [-0.2, -0.15) is 4.68 Å². The molecule has 4 rings (SSSR count). The third-order valence-electron chi connectivity index (χ3n) is 5.45.